The van der Waals surface area contributed by atoms with Crippen LogP contribution >= 0.6 is 0 Å². The molecule has 1 atom stereocenters. The molecule has 0 bridgehead atoms. The van der Waals surface area contributed by atoms with E-state index in [4.69, 9.17) is 9.15 Å². The second kappa shape index (κ2) is 6.21. The molecule has 7 heteroatoms. The fraction of sp³-hybridized carbons (Fsp3) is 0.125. The summed E-state index contributed by atoms with van der Waals surface area (Å²) in [5.41, 5.74) is 0.738. The molecule has 2 aromatic carbocycles. The second-order valence-electron chi connectivity index (χ2n) is 4.83. The van der Waals surface area contributed by atoms with Crippen LogP contribution in [0.5, 0.6) is 5.75 Å². The van der Waals surface area contributed by atoms with Gasteiger partial charge < -0.3 is 9.15 Å². The van der Waals surface area contributed by atoms with Crippen molar-refractivity contribution in [2.75, 3.05) is 13.4 Å². The minimum Gasteiger partial charge on any atom is -0.497 e. The van der Waals surface area contributed by atoms with Gasteiger partial charge in [0.05, 0.1) is 16.8 Å². The molecule has 118 valence electrons. The Morgan fingerprint density at radius 3 is 2.39 bits per heavy atom. The highest BCUT2D eigenvalue weighted by atomic mass is 32.2. The van der Waals surface area contributed by atoms with E-state index in [-0.39, 0.29) is 6.01 Å². The van der Waals surface area contributed by atoms with Crippen LogP contribution in [0.15, 0.2) is 68.3 Å². The minimum absolute atomic E-state index is 0.00725. The fourth-order valence-electron chi connectivity index (χ4n) is 1.98. The predicted molar refractivity (Wildman–Crippen MR) is 87.1 cm³/mol. The molecule has 1 aromatic heterocycles. The van der Waals surface area contributed by atoms with Gasteiger partial charge in [-0.2, -0.15) is 0 Å². The lowest BCUT2D eigenvalue weighted by molar-refractivity contribution is 0.415. The average Bonchev–Trinajstić information content (AvgIpc) is 3.03. The highest BCUT2D eigenvalue weighted by Gasteiger charge is 2.12. The maximum atomic E-state index is 12.7. The van der Waals surface area contributed by atoms with Gasteiger partial charge in [0.15, 0.2) is 0 Å². The number of hydrogen-bond donors (Lipinski definition) is 0. The number of benzene rings is 2. The van der Waals surface area contributed by atoms with Crippen LogP contribution in [0.4, 0.5) is 6.01 Å². The minimum atomic E-state index is -2.63. The maximum absolute atomic E-state index is 12.7. The third-order valence-electron chi connectivity index (χ3n) is 3.18. The van der Waals surface area contributed by atoms with Gasteiger partial charge >= 0.3 is 6.01 Å². The molecule has 0 aliphatic carbocycles. The van der Waals surface area contributed by atoms with Gasteiger partial charge in [0.2, 0.25) is 5.89 Å². The zero-order valence-electron chi connectivity index (χ0n) is 12.7. The van der Waals surface area contributed by atoms with Crippen LogP contribution in [0.2, 0.25) is 0 Å². The Hall–Kier alpha value is -2.67. The molecule has 3 aromatic rings. The first-order chi connectivity index (χ1) is 11.1. The molecule has 0 aliphatic heterocycles. The van der Waals surface area contributed by atoms with Crippen molar-refractivity contribution >= 4 is 15.7 Å². The first-order valence-corrected chi connectivity index (χ1v) is 8.76. The zero-order valence-corrected chi connectivity index (χ0v) is 13.5. The normalized spacial score (nSPS) is 13.3. The average molecular weight is 329 g/mol. The largest absolute Gasteiger partial charge is 0.497 e. The Labute approximate surface area is 134 Å². The molecular formula is C16H15N3O3S. The topological polar surface area (TPSA) is 77.6 Å². The van der Waals surface area contributed by atoms with Crippen LogP contribution < -0.4 is 4.74 Å². The fourth-order valence-corrected chi connectivity index (χ4v) is 3.12. The van der Waals surface area contributed by atoms with Crippen molar-refractivity contribution in [3.8, 4) is 17.2 Å². The molecule has 6 nitrogen and oxygen atoms in total. The number of aromatic nitrogens is 2. The van der Waals surface area contributed by atoms with Gasteiger partial charge in [-0.25, -0.2) is 4.21 Å². The van der Waals surface area contributed by atoms with Crippen molar-refractivity contribution in [1.82, 2.24) is 10.2 Å². The summed E-state index contributed by atoms with van der Waals surface area (Å²) < 4.78 is 27.4. The molecule has 0 N–H and O–H groups in total. The molecular weight excluding hydrogens is 314 g/mol. The van der Waals surface area contributed by atoms with E-state index in [2.05, 4.69) is 14.6 Å². The maximum Gasteiger partial charge on any atom is 0.351 e. The van der Waals surface area contributed by atoms with Crippen molar-refractivity contribution in [3.05, 3.63) is 54.6 Å². The second-order valence-corrected chi connectivity index (χ2v) is 7.08. The Morgan fingerprint density at radius 2 is 1.74 bits per heavy atom. The number of ether oxygens (including phenoxy) is 1. The van der Waals surface area contributed by atoms with Gasteiger partial charge in [-0.15, -0.1) is 9.46 Å². The SMILES string of the molecule is COc1ccc(-c2nnc(N=S(C)(=O)c3ccccc3)o2)cc1. The molecule has 23 heavy (non-hydrogen) atoms. The van der Waals surface area contributed by atoms with Crippen molar-refractivity contribution < 1.29 is 13.4 Å². The predicted octanol–water partition coefficient (Wildman–Crippen LogP) is 3.53. The van der Waals surface area contributed by atoms with E-state index in [0.717, 1.165) is 11.3 Å². The van der Waals surface area contributed by atoms with Crippen LogP contribution in [0.3, 0.4) is 0 Å². The Kier molecular flexibility index (Phi) is 4.12. The summed E-state index contributed by atoms with van der Waals surface area (Å²) >= 11 is 0. The first kappa shape index (κ1) is 15.2. The lowest BCUT2D eigenvalue weighted by Gasteiger charge is -2.01. The molecule has 0 spiro atoms. The molecule has 1 heterocycles. The summed E-state index contributed by atoms with van der Waals surface area (Å²) in [7, 11) is -1.04. The molecule has 0 amide bonds. The smallest absolute Gasteiger partial charge is 0.351 e. The summed E-state index contributed by atoms with van der Waals surface area (Å²) in [6, 6.07) is 16.2. The molecule has 0 fully saturated rings. The molecule has 0 saturated heterocycles. The lowest BCUT2D eigenvalue weighted by atomic mass is 10.2. The van der Waals surface area contributed by atoms with Crippen LogP contribution in [0.1, 0.15) is 0 Å². The van der Waals surface area contributed by atoms with Gasteiger partial charge in [0.25, 0.3) is 0 Å². The zero-order chi connectivity index (χ0) is 16.3. The summed E-state index contributed by atoms with van der Waals surface area (Å²) in [5, 5.41) is 7.80. The molecule has 0 saturated carbocycles. The van der Waals surface area contributed by atoms with Gasteiger partial charge in [0, 0.05) is 16.7 Å². The molecule has 3 rings (SSSR count). The van der Waals surface area contributed by atoms with E-state index in [0.29, 0.717) is 10.8 Å². The van der Waals surface area contributed by atoms with Gasteiger partial charge in [0.1, 0.15) is 5.75 Å². The Bertz CT molecular complexity index is 911. The van der Waals surface area contributed by atoms with E-state index in [1.807, 2.05) is 18.2 Å². The van der Waals surface area contributed by atoms with Gasteiger partial charge in [-0.3, -0.25) is 0 Å². The number of hydrogen-bond acceptors (Lipinski definition) is 6. The van der Waals surface area contributed by atoms with E-state index in [1.165, 1.54) is 0 Å². The van der Waals surface area contributed by atoms with E-state index in [1.54, 1.807) is 49.8 Å². The van der Waals surface area contributed by atoms with Crippen LogP contribution in [-0.4, -0.2) is 27.8 Å². The van der Waals surface area contributed by atoms with Crippen molar-refractivity contribution in [2.24, 2.45) is 4.36 Å². The third-order valence-corrected chi connectivity index (χ3v) is 4.84. The number of rotatable bonds is 4. The summed E-state index contributed by atoms with van der Waals surface area (Å²) in [4.78, 5) is 0.615. The molecule has 0 radical (unpaired) electrons. The van der Waals surface area contributed by atoms with Crippen LogP contribution in [-0.2, 0) is 9.73 Å². The van der Waals surface area contributed by atoms with E-state index >= 15 is 0 Å². The standard InChI is InChI=1S/C16H15N3O3S/c1-21-13-10-8-12(9-11-13)15-17-18-16(22-15)19-23(2,20)14-6-4-3-5-7-14/h3-11H,1-2H3. The lowest BCUT2D eigenvalue weighted by Crippen LogP contribution is -1.96. The summed E-state index contributed by atoms with van der Waals surface area (Å²) in [5.74, 6) is 1.05. The number of methoxy groups -OCH3 is 1. The summed E-state index contributed by atoms with van der Waals surface area (Å²) in [6.07, 6.45) is 1.54. The quantitative estimate of drug-likeness (QED) is 0.731. The Morgan fingerprint density at radius 1 is 1.04 bits per heavy atom. The van der Waals surface area contributed by atoms with Crippen LogP contribution in [0, 0.1) is 0 Å². The van der Waals surface area contributed by atoms with E-state index in [9.17, 15) is 4.21 Å². The highest BCUT2D eigenvalue weighted by Crippen LogP contribution is 2.25. The third kappa shape index (κ3) is 3.40. The monoisotopic (exact) mass is 329 g/mol. The summed E-state index contributed by atoms with van der Waals surface area (Å²) in [6.45, 7) is 0. The first-order valence-electron chi connectivity index (χ1n) is 6.84. The van der Waals surface area contributed by atoms with Crippen molar-refractivity contribution in [3.63, 3.8) is 0 Å². The Balaban J connectivity index is 1.92. The van der Waals surface area contributed by atoms with Crippen molar-refractivity contribution in [2.45, 2.75) is 4.90 Å². The van der Waals surface area contributed by atoms with Gasteiger partial charge in [-0.1, -0.05) is 23.3 Å². The van der Waals surface area contributed by atoms with E-state index < -0.39 is 9.73 Å². The molecule has 0 aliphatic rings. The number of nitrogens with zero attached hydrogens (tertiary/aromatic N) is 3. The van der Waals surface area contributed by atoms with Crippen molar-refractivity contribution in [1.29, 1.82) is 0 Å². The molecule has 1 unspecified atom stereocenters. The van der Waals surface area contributed by atoms with Gasteiger partial charge in [-0.05, 0) is 36.4 Å². The van der Waals surface area contributed by atoms with Crippen LogP contribution in [0.25, 0.3) is 11.5 Å². The highest BCUT2D eigenvalue weighted by molar-refractivity contribution is 7.93.